The van der Waals surface area contributed by atoms with E-state index in [0.717, 1.165) is 43.2 Å². The van der Waals surface area contributed by atoms with E-state index in [2.05, 4.69) is 20.4 Å². The minimum Gasteiger partial charge on any atom is -0.207 e. The Labute approximate surface area is 98.2 Å². The Hall–Kier alpha value is -1.11. The molecule has 0 heterocycles. The van der Waals surface area contributed by atoms with Crippen molar-refractivity contribution < 1.29 is 4.39 Å². The molecule has 0 aliphatic rings. The molecule has 88 valence electrons. The van der Waals surface area contributed by atoms with Gasteiger partial charge in [-0.1, -0.05) is 32.8 Å². The minimum atomic E-state index is -0.0975. The van der Waals surface area contributed by atoms with E-state index in [1.165, 1.54) is 5.56 Å². The van der Waals surface area contributed by atoms with Crippen molar-refractivity contribution in [3.8, 4) is 0 Å². The largest absolute Gasteiger partial charge is 0.207 e. The zero-order valence-electron chi connectivity index (χ0n) is 10.4. The minimum absolute atomic E-state index is 0.0975. The van der Waals surface area contributed by atoms with Crippen molar-refractivity contribution in [2.75, 3.05) is 0 Å². The molecule has 1 aromatic rings. The van der Waals surface area contributed by atoms with Gasteiger partial charge in [-0.15, -0.1) is 6.58 Å². The lowest BCUT2D eigenvalue weighted by Crippen LogP contribution is -2.01. The number of hydrogen-bond acceptors (Lipinski definition) is 0. The first kappa shape index (κ1) is 13.0. The van der Waals surface area contributed by atoms with Crippen molar-refractivity contribution in [2.24, 2.45) is 0 Å². The van der Waals surface area contributed by atoms with Crippen LogP contribution in [0.5, 0.6) is 0 Å². The molecule has 0 aliphatic heterocycles. The molecule has 1 rings (SSSR count). The van der Waals surface area contributed by atoms with Crippen molar-refractivity contribution >= 4 is 0 Å². The Kier molecular flexibility index (Phi) is 5.24. The topological polar surface area (TPSA) is 0 Å². The molecule has 0 radical (unpaired) electrons. The summed E-state index contributed by atoms with van der Waals surface area (Å²) in [4.78, 5) is 0. The van der Waals surface area contributed by atoms with Crippen LogP contribution < -0.4 is 0 Å². The second kappa shape index (κ2) is 6.47. The zero-order chi connectivity index (χ0) is 12.0. The van der Waals surface area contributed by atoms with Gasteiger partial charge in [0.2, 0.25) is 0 Å². The highest BCUT2D eigenvalue weighted by atomic mass is 19.1. The number of allylic oxidation sites excluding steroid dienone is 1. The number of halogens is 1. The fourth-order valence-corrected chi connectivity index (χ4v) is 2.15. The summed E-state index contributed by atoms with van der Waals surface area (Å²) in [6.07, 6.45) is 6.78. The summed E-state index contributed by atoms with van der Waals surface area (Å²) in [5, 5.41) is 0. The molecule has 0 N–H and O–H groups in total. The van der Waals surface area contributed by atoms with Crippen LogP contribution in [0.25, 0.3) is 0 Å². The maximum Gasteiger partial charge on any atom is 0.123 e. The Morgan fingerprint density at radius 1 is 1.12 bits per heavy atom. The van der Waals surface area contributed by atoms with E-state index < -0.39 is 0 Å². The van der Waals surface area contributed by atoms with E-state index in [9.17, 15) is 4.39 Å². The lowest BCUT2D eigenvalue weighted by Gasteiger charge is -2.13. The molecule has 0 aromatic heterocycles. The van der Waals surface area contributed by atoms with Crippen LogP contribution in [0.4, 0.5) is 4.39 Å². The van der Waals surface area contributed by atoms with Gasteiger partial charge >= 0.3 is 0 Å². The van der Waals surface area contributed by atoms with E-state index in [1.54, 1.807) is 12.1 Å². The van der Waals surface area contributed by atoms with Gasteiger partial charge in [-0.2, -0.15) is 0 Å². The first-order valence-corrected chi connectivity index (χ1v) is 6.14. The summed E-state index contributed by atoms with van der Waals surface area (Å²) in [5.74, 6) is -0.0975. The molecule has 0 amide bonds. The van der Waals surface area contributed by atoms with Crippen LogP contribution in [0.1, 0.15) is 43.4 Å². The van der Waals surface area contributed by atoms with E-state index in [-0.39, 0.29) is 5.82 Å². The van der Waals surface area contributed by atoms with E-state index >= 15 is 0 Å². The third kappa shape index (κ3) is 3.19. The molecular formula is C15H21F. The van der Waals surface area contributed by atoms with Crippen molar-refractivity contribution in [3.05, 3.63) is 47.3 Å². The highest BCUT2D eigenvalue weighted by Gasteiger charge is 2.09. The van der Waals surface area contributed by atoms with Crippen LogP contribution in [0.15, 0.2) is 24.8 Å². The number of rotatable bonds is 6. The summed E-state index contributed by atoms with van der Waals surface area (Å²) in [6, 6.07) is 3.36. The van der Waals surface area contributed by atoms with Crippen LogP contribution in [0.2, 0.25) is 0 Å². The fraction of sp³-hybridized carbons (Fsp3) is 0.467. The molecule has 0 unspecified atom stereocenters. The van der Waals surface area contributed by atoms with Crippen LogP contribution in [0, 0.1) is 5.82 Å². The normalized spacial score (nSPS) is 10.4. The first-order valence-electron chi connectivity index (χ1n) is 6.14. The average Bonchev–Trinajstić information content (AvgIpc) is 2.24. The lowest BCUT2D eigenvalue weighted by molar-refractivity contribution is 0.620. The van der Waals surface area contributed by atoms with Crippen LogP contribution >= 0.6 is 0 Å². The van der Waals surface area contributed by atoms with E-state index in [1.807, 2.05) is 6.08 Å². The Bertz CT molecular complexity index is 325. The van der Waals surface area contributed by atoms with Crippen molar-refractivity contribution in [1.29, 1.82) is 0 Å². The van der Waals surface area contributed by atoms with Gasteiger partial charge in [0.15, 0.2) is 0 Å². The third-order valence-corrected chi connectivity index (χ3v) is 2.79. The summed E-state index contributed by atoms with van der Waals surface area (Å²) in [7, 11) is 0. The van der Waals surface area contributed by atoms with Gasteiger partial charge in [0.05, 0.1) is 0 Å². The van der Waals surface area contributed by atoms with Gasteiger partial charge in [-0.05, 0) is 48.1 Å². The van der Waals surface area contributed by atoms with Crippen LogP contribution in [-0.2, 0) is 19.3 Å². The highest BCUT2D eigenvalue weighted by molar-refractivity contribution is 5.37. The first-order chi connectivity index (χ1) is 7.72. The Balaban J connectivity index is 3.16. The SMILES string of the molecule is C=CCc1c(CCC)cc(F)cc1CCC. The standard InChI is InChI=1S/C15H21F/c1-4-7-12-10-14(16)11-13(8-5-2)15(12)9-6-3/h6,10-11H,3-5,7-9H2,1-2H3. The van der Waals surface area contributed by atoms with Crippen LogP contribution in [-0.4, -0.2) is 0 Å². The summed E-state index contributed by atoms with van der Waals surface area (Å²) in [6.45, 7) is 8.04. The molecule has 1 heteroatoms. The highest BCUT2D eigenvalue weighted by Crippen LogP contribution is 2.21. The molecule has 0 saturated carbocycles. The molecule has 0 saturated heterocycles. The second-order valence-electron chi connectivity index (χ2n) is 4.20. The molecule has 16 heavy (non-hydrogen) atoms. The van der Waals surface area contributed by atoms with Gasteiger partial charge in [0.25, 0.3) is 0 Å². The molecule has 0 atom stereocenters. The number of aryl methyl sites for hydroxylation is 2. The summed E-state index contributed by atoms with van der Waals surface area (Å²) in [5.41, 5.74) is 3.61. The van der Waals surface area contributed by atoms with E-state index in [4.69, 9.17) is 0 Å². The van der Waals surface area contributed by atoms with Crippen LogP contribution in [0.3, 0.4) is 0 Å². The predicted molar refractivity (Wildman–Crippen MR) is 68.3 cm³/mol. The summed E-state index contributed by atoms with van der Waals surface area (Å²) >= 11 is 0. The Morgan fingerprint density at radius 3 is 2.00 bits per heavy atom. The van der Waals surface area contributed by atoms with E-state index in [0.29, 0.717) is 0 Å². The van der Waals surface area contributed by atoms with Gasteiger partial charge in [0.1, 0.15) is 5.82 Å². The maximum absolute atomic E-state index is 13.5. The van der Waals surface area contributed by atoms with Crippen molar-refractivity contribution in [3.63, 3.8) is 0 Å². The quantitative estimate of drug-likeness (QED) is 0.621. The second-order valence-corrected chi connectivity index (χ2v) is 4.20. The molecule has 0 aliphatic carbocycles. The predicted octanol–water partition coefficient (Wildman–Crippen LogP) is 4.46. The fourth-order valence-electron chi connectivity index (χ4n) is 2.15. The van der Waals surface area contributed by atoms with Crippen molar-refractivity contribution in [1.82, 2.24) is 0 Å². The van der Waals surface area contributed by atoms with Gasteiger partial charge < -0.3 is 0 Å². The number of hydrogen-bond donors (Lipinski definition) is 0. The third-order valence-electron chi connectivity index (χ3n) is 2.79. The molecule has 0 nitrogen and oxygen atoms in total. The van der Waals surface area contributed by atoms with Gasteiger partial charge in [-0.3, -0.25) is 0 Å². The summed E-state index contributed by atoms with van der Waals surface area (Å²) < 4.78 is 13.5. The molecule has 1 aromatic carbocycles. The molecule has 0 fully saturated rings. The Morgan fingerprint density at radius 2 is 1.62 bits per heavy atom. The van der Waals surface area contributed by atoms with Crippen molar-refractivity contribution in [2.45, 2.75) is 46.0 Å². The average molecular weight is 220 g/mol. The molecular weight excluding hydrogens is 199 g/mol. The lowest BCUT2D eigenvalue weighted by atomic mass is 9.93. The monoisotopic (exact) mass is 220 g/mol. The molecule has 0 bridgehead atoms. The van der Waals surface area contributed by atoms with Gasteiger partial charge in [-0.25, -0.2) is 4.39 Å². The number of benzene rings is 1. The maximum atomic E-state index is 13.5. The smallest absolute Gasteiger partial charge is 0.123 e. The molecule has 0 spiro atoms. The zero-order valence-corrected chi connectivity index (χ0v) is 10.4. The van der Waals surface area contributed by atoms with Gasteiger partial charge in [0, 0.05) is 0 Å².